The maximum atomic E-state index is 3.77. The summed E-state index contributed by atoms with van der Waals surface area (Å²) in [4.78, 5) is 0. The topological polar surface area (TPSA) is 12.0 Å². The molecule has 0 aliphatic carbocycles. The zero-order valence-electron chi connectivity index (χ0n) is 6.82. The van der Waals surface area contributed by atoms with Crippen LogP contribution < -0.4 is 5.32 Å². The maximum absolute atomic E-state index is 3.77. The first-order chi connectivity index (χ1) is 4.77. The van der Waals surface area contributed by atoms with Gasteiger partial charge in [0.15, 0.2) is 0 Å². The molecule has 0 spiro atoms. The smallest absolute Gasteiger partial charge is 0.000813 e. The monoisotopic (exact) mass is 139 g/mol. The van der Waals surface area contributed by atoms with Gasteiger partial charge in [-0.25, -0.2) is 0 Å². The molecule has 1 heteroatoms. The summed E-state index contributed by atoms with van der Waals surface area (Å²) in [7, 11) is 0. The molecule has 1 aliphatic heterocycles. The lowest BCUT2D eigenvalue weighted by Crippen LogP contribution is -2.37. The lowest BCUT2D eigenvalue weighted by molar-refractivity contribution is 0.239. The van der Waals surface area contributed by atoms with Crippen molar-refractivity contribution < 1.29 is 0 Å². The first-order valence-electron chi connectivity index (χ1n) is 4.08. The van der Waals surface area contributed by atoms with Crippen LogP contribution in [0.1, 0.15) is 26.2 Å². The standard InChI is InChI=1S/C9H17N/c1-3-5-9(2)6-4-7-10-8-9/h3,10H,1,4-8H2,2H3/t9-/m1/s1. The normalized spacial score (nSPS) is 33.7. The minimum atomic E-state index is 0.500. The van der Waals surface area contributed by atoms with E-state index >= 15 is 0 Å². The fourth-order valence-corrected chi connectivity index (χ4v) is 1.64. The van der Waals surface area contributed by atoms with Crippen LogP contribution >= 0.6 is 0 Å². The highest BCUT2D eigenvalue weighted by Gasteiger charge is 2.24. The molecule has 0 aromatic heterocycles. The van der Waals surface area contributed by atoms with E-state index in [1.54, 1.807) is 0 Å². The van der Waals surface area contributed by atoms with Gasteiger partial charge in [-0.2, -0.15) is 0 Å². The second-order valence-corrected chi connectivity index (χ2v) is 3.58. The molecular formula is C9H17N. The Morgan fingerprint density at radius 2 is 2.50 bits per heavy atom. The molecule has 1 aliphatic rings. The van der Waals surface area contributed by atoms with Crippen LogP contribution in [0.4, 0.5) is 0 Å². The summed E-state index contributed by atoms with van der Waals surface area (Å²) in [5.74, 6) is 0. The van der Waals surface area contributed by atoms with Gasteiger partial charge in [-0.15, -0.1) is 6.58 Å². The molecule has 1 N–H and O–H groups in total. The molecule has 0 unspecified atom stereocenters. The van der Waals surface area contributed by atoms with Crippen LogP contribution in [0.15, 0.2) is 12.7 Å². The van der Waals surface area contributed by atoms with E-state index in [1.807, 2.05) is 6.08 Å². The van der Waals surface area contributed by atoms with E-state index in [4.69, 9.17) is 0 Å². The van der Waals surface area contributed by atoms with Crippen LogP contribution in [0.3, 0.4) is 0 Å². The minimum absolute atomic E-state index is 0.500. The van der Waals surface area contributed by atoms with Crippen molar-refractivity contribution in [2.75, 3.05) is 13.1 Å². The maximum Gasteiger partial charge on any atom is 0.000813 e. The van der Waals surface area contributed by atoms with Crippen molar-refractivity contribution in [3.8, 4) is 0 Å². The molecule has 1 fully saturated rings. The van der Waals surface area contributed by atoms with Gasteiger partial charge in [0.25, 0.3) is 0 Å². The van der Waals surface area contributed by atoms with E-state index in [0.29, 0.717) is 5.41 Å². The third kappa shape index (κ3) is 1.84. The largest absolute Gasteiger partial charge is 0.316 e. The van der Waals surface area contributed by atoms with Gasteiger partial charge in [0, 0.05) is 6.54 Å². The third-order valence-corrected chi connectivity index (χ3v) is 2.32. The lowest BCUT2D eigenvalue weighted by atomic mass is 9.80. The van der Waals surface area contributed by atoms with Crippen LogP contribution in [0.2, 0.25) is 0 Å². The third-order valence-electron chi connectivity index (χ3n) is 2.32. The Morgan fingerprint density at radius 3 is 3.00 bits per heavy atom. The summed E-state index contributed by atoms with van der Waals surface area (Å²) in [6, 6.07) is 0. The number of hydrogen-bond acceptors (Lipinski definition) is 1. The van der Waals surface area contributed by atoms with Crippen molar-refractivity contribution in [1.82, 2.24) is 5.32 Å². The summed E-state index contributed by atoms with van der Waals surface area (Å²) in [6.07, 6.45) is 5.86. The molecule has 0 bridgehead atoms. The van der Waals surface area contributed by atoms with Gasteiger partial charge in [0.1, 0.15) is 0 Å². The molecule has 10 heavy (non-hydrogen) atoms. The molecule has 0 radical (unpaired) electrons. The summed E-state index contributed by atoms with van der Waals surface area (Å²) in [5.41, 5.74) is 0.500. The van der Waals surface area contributed by atoms with Gasteiger partial charge in [-0.05, 0) is 31.2 Å². The number of nitrogens with one attached hydrogen (secondary N) is 1. The fourth-order valence-electron chi connectivity index (χ4n) is 1.64. The zero-order chi connectivity index (χ0) is 7.45. The molecule has 0 amide bonds. The van der Waals surface area contributed by atoms with Gasteiger partial charge < -0.3 is 5.32 Å². The SMILES string of the molecule is C=CC[C@]1(C)CCCNC1. The number of hydrogen-bond donors (Lipinski definition) is 1. The van der Waals surface area contributed by atoms with Gasteiger partial charge in [0.2, 0.25) is 0 Å². The van der Waals surface area contributed by atoms with Crippen molar-refractivity contribution in [3.63, 3.8) is 0 Å². The Balaban J connectivity index is 2.39. The minimum Gasteiger partial charge on any atom is -0.316 e. The molecule has 58 valence electrons. The number of allylic oxidation sites excluding steroid dienone is 1. The van der Waals surface area contributed by atoms with Crippen molar-refractivity contribution in [2.45, 2.75) is 26.2 Å². The molecule has 1 rings (SSSR count). The predicted molar refractivity (Wildman–Crippen MR) is 45.0 cm³/mol. The van der Waals surface area contributed by atoms with Crippen molar-refractivity contribution in [1.29, 1.82) is 0 Å². The van der Waals surface area contributed by atoms with Gasteiger partial charge in [-0.1, -0.05) is 13.0 Å². The first-order valence-corrected chi connectivity index (χ1v) is 4.08. The van der Waals surface area contributed by atoms with Gasteiger partial charge in [-0.3, -0.25) is 0 Å². The summed E-state index contributed by atoms with van der Waals surface area (Å²) in [6.45, 7) is 8.47. The second-order valence-electron chi connectivity index (χ2n) is 3.58. The van der Waals surface area contributed by atoms with Crippen molar-refractivity contribution >= 4 is 0 Å². The molecular weight excluding hydrogens is 122 g/mol. The van der Waals surface area contributed by atoms with Crippen LogP contribution in [0.25, 0.3) is 0 Å². The second kappa shape index (κ2) is 3.20. The molecule has 0 aromatic rings. The summed E-state index contributed by atoms with van der Waals surface area (Å²) in [5, 5.41) is 3.41. The average Bonchev–Trinajstić information content (AvgIpc) is 1.89. The molecule has 0 saturated carbocycles. The molecule has 0 aromatic carbocycles. The highest BCUT2D eigenvalue weighted by molar-refractivity contribution is 4.87. The quantitative estimate of drug-likeness (QED) is 0.577. The first kappa shape index (κ1) is 7.80. The number of rotatable bonds is 2. The van der Waals surface area contributed by atoms with Crippen LogP contribution in [0.5, 0.6) is 0 Å². The average molecular weight is 139 g/mol. The van der Waals surface area contributed by atoms with E-state index in [9.17, 15) is 0 Å². The van der Waals surface area contributed by atoms with Crippen molar-refractivity contribution in [3.05, 3.63) is 12.7 Å². The van der Waals surface area contributed by atoms with Crippen LogP contribution in [0, 0.1) is 5.41 Å². The highest BCUT2D eigenvalue weighted by Crippen LogP contribution is 2.29. The van der Waals surface area contributed by atoms with E-state index in [1.165, 1.54) is 25.9 Å². The molecule has 1 atom stereocenters. The summed E-state index contributed by atoms with van der Waals surface area (Å²) >= 11 is 0. The van der Waals surface area contributed by atoms with E-state index in [2.05, 4.69) is 18.8 Å². The Bertz CT molecular complexity index is 112. The molecule has 1 heterocycles. The van der Waals surface area contributed by atoms with Crippen molar-refractivity contribution in [2.24, 2.45) is 5.41 Å². The molecule has 1 saturated heterocycles. The molecule has 1 nitrogen and oxygen atoms in total. The van der Waals surface area contributed by atoms with E-state index in [0.717, 1.165) is 6.42 Å². The van der Waals surface area contributed by atoms with Gasteiger partial charge >= 0.3 is 0 Å². The Hall–Kier alpha value is -0.300. The van der Waals surface area contributed by atoms with Crippen LogP contribution in [-0.4, -0.2) is 13.1 Å². The van der Waals surface area contributed by atoms with Gasteiger partial charge in [0.05, 0.1) is 0 Å². The fraction of sp³-hybridized carbons (Fsp3) is 0.778. The Labute approximate surface area is 63.5 Å². The van der Waals surface area contributed by atoms with E-state index < -0.39 is 0 Å². The summed E-state index contributed by atoms with van der Waals surface area (Å²) < 4.78 is 0. The van der Waals surface area contributed by atoms with Crippen LogP contribution in [-0.2, 0) is 0 Å². The zero-order valence-corrected chi connectivity index (χ0v) is 6.82. The predicted octanol–water partition coefficient (Wildman–Crippen LogP) is 1.95. The Kier molecular flexibility index (Phi) is 2.50. The number of piperidine rings is 1. The van der Waals surface area contributed by atoms with E-state index in [-0.39, 0.29) is 0 Å². The Morgan fingerprint density at radius 1 is 1.70 bits per heavy atom. The highest BCUT2D eigenvalue weighted by atomic mass is 14.9. The lowest BCUT2D eigenvalue weighted by Gasteiger charge is -2.33.